The van der Waals surface area contributed by atoms with Crippen molar-refractivity contribution in [3.8, 4) is 5.75 Å². The molecule has 3 nitrogen and oxygen atoms in total. The van der Waals surface area contributed by atoms with Gasteiger partial charge >= 0.3 is 5.97 Å². The number of hydrogen-bond donors (Lipinski definition) is 0. The third-order valence-electron chi connectivity index (χ3n) is 2.58. The Morgan fingerprint density at radius 2 is 1.42 bits per heavy atom. The maximum atomic E-state index is 11.8. The number of ether oxygens (including phenoxy) is 1. The Balaban J connectivity index is 2.10. The van der Waals surface area contributed by atoms with Gasteiger partial charge in [0.2, 0.25) is 0 Å². The molecule has 0 fully saturated rings. The van der Waals surface area contributed by atoms with E-state index in [0.29, 0.717) is 16.9 Å². The molecule has 0 saturated carbocycles. The lowest BCUT2D eigenvalue weighted by Crippen LogP contribution is -2.08. The van der Waals surface area contributed by atoms with Gasteiger partial charge in [-0.3, -0.25) is 4.79 Å². The summed E-state index contributed by atoms with van der Waals surface area (Å²) in [5.41, 5.74) is 1.90. The molecule has 0 unspecified atom stereocenters. The van der Waals surface area contributed by atoms with Gasteiger partial charge in [-0.25, -0.2) is 4.79 Å². The van der Waals surface area contributed by atoms with Gasteiger partial charge in [0, 0.05) is 5.56 Å². The zero-order valence-electron chi connectivity index (χ0n) is 10.2. The maximum Gasteiger partial charge on any atom is 0.343 e. The Kier molecular flexibility index (Phi) is 3.97. The van der Waals surface area contributed by atoms with Crippen molar-refractivity contribution in [3.05, 3.63) is 65.2 Å². The summed E-state index contributed by atoms with van der Waals surface area (Å²) in [6, 6.07) is 13.2. The minimum Gasteiger partial charge on any atom is -0.423 e. The van der Waals surface area contributed by atoms with E-state index >= 15 is 0 Å². The number of carbonyl (C=O) groups excluding carboxylic acids is 2. The predicted molar refractivity (Wildman–Crippen MR) is 72.8 cm³/mol. The Morgan fingerprint density at radius 1 is 0.895 bits per heavy atom. The quantitative estimate of drug-likeness (QED) is 0.488. The molecule has 96 valence electrons. The van der Waals surface area contributed by atoms with Gasteiger partial charge in [0.05, 0.1) is 5.56 Å². The van der Waals surface area contributed by atoms with Crippen molar-refractivity contribution in [2.24, 2.45) is 0 Å². The Labute approximate surface area is 115 Å². The van der Waals surface area contributed by atoms with Crippen molar-refractivity contribution < 1.29 is 14.3 Å². The topological polar surface area (TPSA) is 43.4 Å². The van der Waals surface area contributed by atoms with Gasteiger partial charge in [0.1, 0.15) is 5.75 Å². The van der Waals surface area contributed by atoms with Gasteiger partial charge in [-0.2, -0.15) is 0 Å². The number of esters is 1. The van der Waals surface area contributed by atoms with Crippen molar-refractivity contribution in [1.29, 1.82) is 0 Å². The van der Waals surface area contributed by atoms with Crippen LogP contribution in [0.5, 0.6) is 5.75 Å². The number of hydrogen-bond acceptors (Lipinski definition) is 3. The first-order valence-electron chi connectivity index (χ1n) is 5.65. The molecular formula is C15H11ClO3. The van der Waals surface area contributed by atoms with E-state index in [0.717, 1.165) is 5.56 Å². The minimum absolute atomic E-state index is 0.358. The normalized spacial score (nSPS) is 10.0. The fourth-order valence-electron chi connectivity index (χ4n) is 1.51. The van der Waals surface area contributed by atoms with Gasteiger partial charge in [0.15, 0.2) is 0 Å². The summed E-state index contributed by atoms with van der Waals surface area (Å²) < 4.78 is 5.18. The summed E-state index contributed by atoms with van der Waals surface area (Å²) in [6.45, 7) is 1.94. The molecule has 0 bridgehead atoms. The Hall–Kier alpha value is -2.13. The van der Waals surface area contributed by atoms with E-state index in [-0.39, 0.29) is 0 Å². The van der Waals surface area contributed by atoms with Crippen LogP contribution in [0.3, 0.4) is 0 Å². The molecule has 2 aromatic rings. The first-order chi connectivity index (χ1) is 9.06. The second kappa shape index (κ2) is 5.67. The second-order valence-corrected chi connectivity index (χ2v) is 4.40. The highest BCUT2D eigenvalue weighted by molar-refractivity contribution is 6.67. The first kappa shape index (κ1) is 13.3. The highest BCUT2D eigenvalue weighted by atomic mass is 35.5. The van der Waals surface area contributed by atoms with Gasteiger partial charge in [-0.1, -0.05) is 17.7 Å². The Bertz CT molecular complexity index is 600. The van der Waals surface area contributed by atoms with Gasteiger partial charge in [0.25, 0.3) is 5.24 Å². The summed E-state index contributed by atoms with van der Waals surface area (Å²) in [7, 11) is 0. The maximum absolute atomic E-state index is 11.8. The van der Waals surface area contributed by atoms with Gasteiger partial charge < -0.3 is 4.74 Å². The Morgan fingerprint density at radius 3 is 1.95 bits per heavy atom. The lowest BCUT2D eigenvalue weighted by atomic mass is 10.1. The molecule has 0 N–H and O–H groups in total. The van der Waals surface area contributed by atoms with Crippen LogP contribution in [0, 0.1) is 6.92 Å². The summed E-state index contributed by atoms with van der Waals surface area (Å²) >= 11 is 5.33. The van der Waals surface area contributed by atoms with E-state index in [1.165, 1.54) is 24.3 Å². The molecule has 0 aliphatic carbocycles. The molecule has 19 heavy (non-hydrogen) atoms. The van der Waals surface area contributed by atoms with Crippen molar-refractivity contribution in [1.82, 2.24) is 0 Å². The van der Waals surface area contributed by atoms with Crippen LogP contribution in [-0.4, -0.2) is 11.2 Å². The molecule has 4 heteroatoms. The van der Waals surface area contributed by atoms with Crippen molar-refractivity contribution in [2.45, 2.75) is 6.92 Å². The highest BCUT2D eigenvalue weighted by Crippen LogP contribution is 2.15. The third kappa shape index (κ3) is 3.42. The molecule has 0 aliphatic heterocycles. The van der Waals surface area contributed by atoms with E-state index in [9.17, 15) is 9.59 Å². The average molecular weight is 275 g/mol. The van der Waals surface area contributed by atoms with Crippen LogP contribution in [0.1, 0.15) is 26.3 Å². The van der Waals surface area contributed by atoms with E-state index < -0.39 is 11.2 Å². The van der Waals surface area contributed by atoms with Crippen molar-refractivity contribution >= 4 is 22.8 Å². The van der Waals surface area contributed by atoms with E-state index in [2.05, 4.69) is 0 Å². The van der Waals surface area contributed by atoms with Crippen LogP contribution in [0.15, 0.2) is 48.5 Å². The van der Waals surface area contributed by atoms with Crippen molar-refractivity contribution in [2.75, 3.05) is 0 Å². The smallest absolute Gasteiger partial charge is 0.343 e. The van der Waals surface area contributed by atoms with Crippen LogP contribution in [-0.2, 0) is 0 Å². The molecule has 0 heterocycles. The lowest BCUT2D eigenvalue weighted by molar-refractivity contribution is 0.0734. The van der Waals surface area contributed by atoms with Crippen molar-refractivity contribution in [3.63, 3.8) is 0 Å². The van der Waals surface area contributed by atoms with Crippen LogP contribution < -0.4 is 4.74 Å². The van der Waals surface area contributed by atoms with Crippen LogP contribution in [0.2, 0.25) is 0 Å². The number of benzene rings is 2. The highest BCUT2D eigenvalue weighted by Gasteiger charge is 2.08. The minimum atomic E-state index is -0.545. The largest absolute Gasteiger partial charge is 0.423 e. The van der Waals surface area contributed by atoms with Crippen LogP contribution in [0.25, 0.3) is 0 Å². The molecule has 0 spiro atoms. The fourth-order valence-corrected chi connectivity index (χ4v) is 1.64. The summed E-state index contributed by atoms with van der Waals surface area (Å²) in [5.74, 6) is -0.0720. The summed E-state index contributed by atoms with van der Waals surface area (Å²) in [4.78, 5) is 22.7. The lowest BCUT2D eigenvalue weighted by Gasteiger charge is -2.04. The van der Waals surface area contributed by atoms with E-state index in [1.807, 2.05) is 19.1 Å². The number of rotatable bonds is 3. The SMILES string of the molecule is Cc1ccc(C(=O)Oc2ccc(C(=O)Cl)cc2)cc1. The van der Waals surface area contributed by atoms with E-state index in [1.54, 1.807) is 12.1 Å². The zero-order chi connectivity index (χ0) is 13.8. The molecule has 0 aliphatic rings. The molecule has 0 radical (unpaired) electrons. The second-order valence-electron chi connectivity index (χ2n) is 4.05. The third-order valence-corrected chi connectivity index (χ3v) is 2.80. The standard InChI is InChI=1S/C15H11ClO3/c1-10-2-4-12(5-3-10)15(18)19-13-8-6-11(7-9-13)14(16)17/h2-9H,1H3. The zero-order valence-corrected chi connectivity index (χ0v) is 11.0. The summed E-state index contributed by atoms with van der Waals surface area (Å²) in [5, 5.41) is -0.545. The van der Waals surface area contributed by atoms with Gasteiger partial charge in [-0.05, 0) is 54.9 Å². The number of aryl methyl sites for hydroxylation is 1. The number of halogens is 1. The molecule has 0 aromatic heterocycles. The first-order valence-corrected chi connectivity index (χ1v) is 6.03. The molecular weight excluding hydrogens is 264 g/mol. The van der Waals surface area contributed by atoms with Crippen LogP contribution >= 0.6 is 11.6 Å². The molecule has 2 rings (SSSR count). The monoisotopic (exact) mass is 274 g/mol. The fraction of sp³-hybridized carbons (Fsp3) is 0.0667. The average Bonchev–Trinajstić information content (AvgIpc) is 2.40. The predicted octanol–water partition coefficient (Wildman–Crippen LogP) is 3.59. The van der Waals surface area contributed by atoms with E-state index in [4.69, 9.17) is 16.3 Å². The number of carbonyl (C=O) groups is 2. The summed E-state index contributed by atoms with van der Waals surface area (Å²) in [6.07, 6.45) is 0. The molecule has 0 atom stereocenters. The molecule has 2 aromatic carbocycles. The van der Waals surface area contributed by atoms with Crippen LogP contribution in [0.4, 0.5) is 0 Å². The molecule has 0 amide bonds. The van der Waals surface area contributed by atoms with Gasteiger partial charge in [-0.15, -0.1) is 0 Å². The molecule has 0 saturated heterocycles.